The van der Waals surface area contributed by atoms with E-state index in [9.17, 15) is 10.1 Å². The minimum absolute atomic E-state index is 0.00783. The van der Waals surface area contributed by atoms with Crippen LogP contribution in [-0.2, 0) is 17.6 Å². The number of thiazole rings is 1. The minimum Gasteiger partial charge on any atom is -0.459 e. The van der Waals surface area contributed by atoms with Gasteiger partial charge in [-0.1, -0.05) is 20.3 Å². The fraction of sp³-hybridized carbons (Fsp3) is 0.455. The first-order chi connectivity index (χ1) is 15.1. The van der Waals surface area contributed by atoms with Gasteiger partial charge in [0.1, 0.15) is 6.07 Å². The van der Waals surface area contributed by atoms with Crippen molar-refractivity contribution in [2.75, 3.05) is 23.3 Å². The van der Waals surface area contributed by atoms with Crippen LogP contribution in [0.15, 0.2) is 27.2 Å². The molecule has 0 aromatic carbocycles. The number of carbonyl (C=O) groups is 1. The highest BCUT2D eigenvalue weighted by Gasteiger charge is 2.30. The van der Waals surface area contributed by atoms with E-state index in [0.717, 1.165) is 25.0 Å². The molecule has 0 atom stereocenters. The van der Waals surface area contributed by atoms with Gasteiger partial charge in [-0.2, -0.15) is 10.2 Å². The van der Waals surface area contributed by atoms with Crippen molar-refractivity contribution in [3.63, 3.8) is 0 Å². The molecule has 0 bridgehead atoms. The Morgan fingerprint density at radius 2 is 2.16 bits per heavy atom. The number of oxazole rings is 1. The molecule has 0 radical (unpaired) electrons. The minimum atomic E-state index is -0.0992. The van der Waals surface area contributed by atoms with Crippen molar-refractivity contribution in [2.24, 2.45) is 5.92 Å². The molecule has 9 heteroatoms. The second-order valence-corrected chi connectivity index (χ2v) is 8.59. The number of aromatic nitrogens is 2. The van der Waals surface area contributed by atoms with Crippen LogP contribution in [-0.4, -0.2) is 29.0 Å². The lowest BCUT2D eigenvalue weighted by molar-refractivity contribution is -0.120. The first-order valence-corrected chi connectivity index (χ1v) is 11.4. The monoisotopic (exact) mass is 439 g/mol. The van der Waals surface area contributed by atoms with Crippen LogP contribution in [0.5, 0.6) is 0 Å². The Bertz CT molecular complexity index is 1070. The number of carbonyl (C=O) groups excluding carboxylic acids is 1. The van der Waals surface area contributed by atoms with Gasteiger partial charge in [0, 0.05) is 23.9 Å². The SMILES string of the molecule is CCCc1nc(NC(=O)C2CCN(c3oc(-c4ccco4)nc3C#N)CC2)sc1CC. The van der Waals surface area contributed by atoms with Crippen molar-refractivity contribution in [1.29, 1.82) is 5.26 Å². The summed E-state index contributed by atoms with van der Waals surface area (Å²) in [6.07, 6.45) is 5.78. The van der Waals surface area contributed by atoms with Crippen LogP contribution >= 0.6 is 11.3 Å². The molecule has 1 aliphatic heterocycles. The number of aryl methyl sites for hydroxylation is 2. The van der Waals surface area contributed by atoms with Gasteiger partial charge in [-0.25, -0.2) is 4.98 Å². The quantitative estimate of drug-likeness (QED) is 0.571. The molecular weight excluding hydrogens is 414 g/mol. The van der Waals surface area contributed by atoms with Gasteiger partial charge in [-0.05, 0) is 37.8 Å². The van der Waals surface area contributed by atoms with Gasteiger partial charge in [0.05, 0.1) is 12.0 Å². The number of nitrogens with zero attached hydrogens (tertiary/aromatic N) is 4. The van der Waals surface area contributed by atoms with E-state index >= 15 is 0 Å². The largest absolute Gasteiger partial charge is 0.459 e. The van der Waals surface area contributed by atoms with E-state index in [4.69, 9.17) is 8.83 Å². The number of hydrogen-bond donors (Lipinski definition) is 1. The molecule has 4 heterocycles. The molecule has 4 rings (SSSR count). The summed E-state index contributed by atoms with van der Waals surface area (Å²) in [5.74, 6) is 1.11. The summed E-state index contributed by atoms with van der Waals surface area (Å²) in [6.45, 7) is 5.47. The molecule has 0 saturated carbocycles. The normalized spacial score (nSPS) is 14.5. The third-order valence-corrected chi connectivity index (χ3v) is 6.57. The van der Waals surface area contributed by atoms with Crippen molar-refractivity contribution >= 4 is 28.3 Å². The molecule has 0 unspecified atom stereocenters. The molecule has 1 amide bonds. The van der Waals surface area contributed by atoms with Crippen LogP contribution in [0.25, 0.3) is 11.7 Å². The maximum Gasteiger partial charge on any atom is 0.266 e. The number of amides is 1. The van der Waals surface area contributed by atoms with Crippen LogP contribution in [0.3, 0.4) is 0 Å². The zero-order chi connectivity index (χ0) is 21.8. The summed E-state index contributed by atoms with van der Waals surface area (Å²) in [4.78, 5) is 24.9. The number of piperidine rings is 1. The van der Waals surface area contributed by atoms with Gasteiger partial charge in [-0.15, -0.1) is 11.3 Å². The number of rotatable bonds is 7. The first-order valence-electron chi connectivity index (χ1n) is 10.6. The zero-order valence-electron chi connectivity index (χ0n) is 17.7. The van der Waals surface area contributed by atoms with Crippen molar-refractivity contribution in [2.45, 2.75) is 46.0 Å². The number of hydrogen-bond acceptors (Lipinski definition) is 8. The van der Waals surface area contributed by atoms with Crippen LogP contribution in [0.4, 0.5) is 11.0 Å². The van der Waals surface area contributed by atoms with E-state index in [0.29, 0.717) is 42.7 Å². The molecule has 3 aromatic heterocycles. The van der Waals surface area contributed by atoms with E-state index in [-0.39, 0.29) is 23.4 Å². The molecule has 1 aliphatic rings. The van der Waals surface area contributed by atoms with Gasteiger partial charge >= 0.3 is 0 Å². The average Bonchev–Trinajstić information content (AvgIpc) is 3.53. The van der Waals surface area contributed by atoms with E-state index in [2.05, 4.69) is 35.2 Å². The summed E-state index contributed by atoms with van der Waals surface area (Å²) in [6, 6.07) is 5.57. The topological polar surface area (TPSA) is 108 Å². The van der Waals surface area contributed by atoms with Gasteiger partial charge in [0.25, 0.3) is 5.89 Å². The summed E-state index contributed by atoms with van der Waals surface area (Å²) in [5.41, 5.74) is 1.33. The Hall–Kier alpha value is -3.12. The van der Waals surface area contributed by atoms with Crippen molar-refractivity contribution in [3.05, 3.63) is 34.7 Å². The Labute approximate surface area is 184 Å². The highest BCUT2D eigenvalue weighted by atomic mass is 32.1. The lowest BCUT2D eigenvalue weighted by Crippen LogP contribution is -2.38. The molecule has 1 saturated heterocycles. The third kappa shape index (κ3) is 4.49. The van der Waals surface area contributed by atoms with Crippen LogP contribution < -0.4 is 10.2 Å². The summed E-state index contributed by atoms with van der Waals surface area (Å²) >= 11 is 1.57. The van der Waals surface area contributed by atoms with Gasteiger partial charge < -0.3 is 19.1 Å². The zero-order valence-corrected chi connectivity index (χ0v) is 18.5. The summed E-state index contributed by atoms with van der Waals surface area (Å²) in [7, 11) is 0. The molecule has 3 aromatic rings. The predicted molar refractivity (Wildman–Crippen MR) is 118 cm³/mol. The van der Waals surface area contributed by atoms with Crippen LogP contribution in [0.1, 0.15) is 49.4 Å². The Balaban J connectivity index is 1.39. The lowest BCUT2D eigenvalue weighted by Gasteiger charge is -2.30. The third-order valence-electron chi connectivity index (χ3n) is 5.42. The average molecular weight is 440 g/mol. The van der Waals surface area contributed by atoms with Crippen molar-refractivity contribution < 1.29 is 13.6 Å². The van der Waals surface area contributed by atoms with Gasteiger partial charge in [-0.3, -0.25) is 4.79 Å². The highest BCUT2D eigenvalue weighted by Crippen LogP contribution is 2.32. The van der Waals surface area contributed by atoms with E-state index in [1.165, 1.54) is 11.1 Å². The molecule has 0 aliphatic carbocycles. The fourth-order valence-electron chi connectivity index (χ4n) is 3.80. The molecule has 8 nitrogen and oxygen atoms in total. The molecule has 31 heavy (non-hydrogen) atoms. The number of nitriles is 1. The standard InChI is InChI=1S/C22H25N5O3S/c1-3-6-15-18(4-2)31-22(25-15)26-19(28)14-8-10-27(11-9-14)21-16(13-23)24-20(30-21)17-7-5-12-29-17/h5,7,12,14H,3-4,6,8-11H2,1-2H3,(H,25,26,28). The summed E-state index contributed by atoms with van der Waals surface area (Å²) < 4.78 is 11.1. The number of furan rings is 1. The molecule has 0 spiro atoms. The number of nitrogens with one attached hydrogen (secondary N) is 1. The van der Waals surface area contributed by atoms with Crippen LogP contribution in [0, 0.1) is 17.2 Å². The van der Waals surface area contributed by atoms with E-state index < -0.39 is 0 Å². The molecule has 1 N–H and O–H groups in total. The number of anilines is 2. The first kappa shape index (κ1) is 21.1. The second kappa shape index (κ2) is 9.35. The van der Waals surface area contributed by atoms with Gasteiger partial charge in [0.2, 0.25) is 17.5 Å². The van der Waals surface area contributed by atoms with Crippen molar-refractivity contribution in [3.8, 4) is 17.7 Å². The Morgan fingerprint density at radius 1 is 1.35 bits per heavy atom. The molecular formula is C22H25N5O3S. The maximum atomic E-state index is 12.8. The fourth-order valence-corrected chi connectivity index (χ4v) is 4.75. The molecule has 1 fully saturated rings. The smallest absolute Gasteiger partial charge is 0.266 e. The van der Waals surface area contributed by atoms with Gasteiger partial charge in [0.15, 0.2) is 10.9 Å². The Kier molecular flexibility index (Phi) is 6.37. The lowest BCUT2D eigenvalue weighted by atomic mass is 9.96. The second-order valence-electron chi connectivity index (χ2n) is 7.50. The van der Waals surface area contributed by atoms with Crippen molar-refractivity contribution in [1.82, 2.24) is 9.97 Å². The highest BCUT2D eigenvalue weighted by molar-refractivity contribution is 7.15. The summed E-state index contributed by atoms with van der Waals surface area (Å²) in [5, 5.41) is 13.2. The maximum absolute atomic E-state index is 12.8. The Morgan fingerprint density at radius 3 is 2.81 bits per heavy atom. The van der Waals surface area contributed by atoms with Crippen LogP contribution in [0.2, 0.25) is 0 Å². The predicted octanol–water partition coefficient (Wildman–Crippen LogP) is 4.63. The van der Waals surface area contributed by atoms with E-state index in [1.807, 2.05) is 4.90 Å². The molecule has 162 valence electrons. The van der Waals surface area contributed by atoms with E-state index in [1.54, 1.807) is 23.5 Å².